The van der Waals surface area contributed by atoms with E-state index < -0.39 is 0 Å². The fraction of sp³-hybridized carbons (Fsp3) is 0.333. The largest absolute Gasteiger partial charge is 0.378 e. The maximum atomic E-state index is 5.69. The summed E-state index contributed by atoms with van der Waals surface area (Å²) in [4.78, 5) is 14.7. The maximum absolute atomic E-state index is 5.69. The second kappa shape index (κ2) is 6.10. The molecule has 0 amide bonds. The number of rotatable bonds is 3. The number of hydrogen-bond acceptors (Lipinski definition) is 4. The summed E-state index contributed by atoms with van der Waals surface area (Å²) in [6.45, 7) is 5.24. The molecule has 0 aliphatic carbocycles. The number of hydrogen-bond donors (Lipinski definition) is 1. The van der Waals surface area contributed by atoms with Gasteiger partial charge < -0.3 is 9.72 Å². The lowest BCUT2D eigenvalue weighted by Gasteiger charge is -2.34. The van der Waals surface area contributed by atoms with Gasteiger partial charge in [0, 0.05) is 36.6 Å². The third kappa shape index (κ3) is 2.85. The SMILES string of the molecule is Cc1cnc([C@H]2COCCN2Cc2ccnc3ccccc23)[nH]1. The minimum absolute atomic E-state index is 0.171. The lowest BCUT2D eigenvalue weighted by Crippen LogP contribution is -2.39. The molecule has 4 rings (SSSR count). The van der Waals surface area contributed by atoms with Crippen molar-refractivity contribution in [3.63, 3.8) is 0 Å². The Morgan fingerprint density at radius 1 is 1.26 bits per heavy atom. The number of para-hydroxylation sites is 1. The predicted molar refractivity (Wildman–Crippen MR) is 89.0 cm³/mol. The van der Waals surface area contributed by atoms with Crippen LogP contribution in [0.2, 0.25) is 0 Å². The van der Waals surface area contributed by atoms with Crippen molar-refractivity contribution in [2.45, 2.75) is 19.5 Å². The number of ether oxygens (including phenoxy) is 1. The van der Waals surface area contributed by atoms with Crippen LogP contribution >= 0.6 is 0 Å². The maximum Gasteiger partial charge on any atom is 0.126 e. The minimum atomic E-state index is 0.171. The summed E-state index contributed by atoms with van der Waals surface area (Å²) in [7, 11) is 0. The molecule has 1 N–H and O–H groups in total. The third-order valence-electron chi connectivity index (χ3n) is 4.39. The van der Waals surface area contributed by atoms with Crippen LogP contribution < -0.4 is 0 Å². The van der Waals surface area contributed by atoms with Crippen LogP contribution in [-0.2, 0) is 11.3 Å². The summed E-state index contributed by atoms with van der Waals surface area (Å²) in [6.07, 6.45) is 3.77. The zero-order chi connectivity index (χ0) is 15.6. The van der Waals surface area contributed by atoms with E-state index in [2.05, 4.69) is 44.1 Å². The zero-order valence-corrected chi connectivity index (χ0v) is 13.2. The van der Waals surface area contributed by atoms with Gasteiger partial charge in [-0.1, -0.05) is 18.2 Å². The number of aryl methyl sites for hydroxylation is 1. The Morgan fingerprint density at radius 2 is 2.17 bits per heavy atom. The first-order valence-corrected chi connectivity index (χ1v) is 7.97. The summed E-state index contributed by atoms with van der Waals surface area (Å²) in [6, 6.07) is 10.6. The number of aromatic nitrogens is 3. The van der Waals surface area contributed by atoms with E-state index in [0.717, 1.165) is 36.7 Å². The van der Waals surface area contributed by atoms with E-state index in [-0.39, 0.29) is 6.04 Å². The van der Waals surface area contributed by atoms with Crippen molar-refractivity contribution in [1.82, 2.24) is 19.9 Å². The summed E-state index contributed by atoms with van der Waals surface area (Å²) >= 11 is 0. The van der Waals surface area contributed by atoms with Crippen molar-refractivity contribution in [2.24, 2.45) is 0 Å². The van der Waals surface area contributed by atoms with Gasteiger partial charge in [0.05, 0.1) is 24.8 Å². The lowest BCUT2D eigenvalue weighted by molar-refractivity contribution is -0.0154. The molecule has 1 aliphatic heterocycles. The van der Waals surface area contributed by atoms with Crippen LogP contribution in [0.25, 0.3) is 10.9 Å². The van der Waals surface area contributed by atoms with Gasteiger partial charge in [0.15, 0.2) is 0 Å². The van der Waals surface area contributed by atoms with Gasteiger partial charge in [-0.3, -0.25) is 9.88 Å². The highest BCUT2D eigenvalue weighted by Gasteiger charge is 2.27. The number of imidazole rings is 1. The third-order valence-corrected chi connectivity index (χ3v) is 4.39. The molecule has 5 heteroatoms. The van der Waals surface area contributed by atoms with Crippen molar-refractivity contribution in [1.29, 1.82) is 0 Å². The van der Waals surface area contributed by atoms with Gasteiger partial charge in [-0.15, -0.1) is 0 Å². The van der Waals surface area contributed by atoms with E-state index >= 15 is 0 Å². The van der Waals surface area contributed by atoms with E-state index in [1.807, 2.05) is 25.4 Å². The van der Waals surface area contributed by atoms with Crippen molar-refractivity contribution in [3.05, 3.63) is 59.8 Å². The molecule has 0 saturated carbocycles. The molecule has 2 aromatic heterocycles. The molecule has 3 aromatic rings. The number of fused-ring (bicyclic) bond motifs is 1. The Hall–Kier alpha value is -2.24. The fourth-order valence-electron chi connectivity index (χ4n) is 3.19. The molecular formula is C18H20N4O. The van der Waals surface area contributed by atoms with E-state index in [9.17, 15) is 0 Å². The molecule has 3 heterocycles. The average Bonchev–Trinajstić information content (AvgIpc) is 3.02. The summed E-state index contributed by atoms with van der Waals surface area (Å²) < 4.78 is 5.69. The Bertz CT molecular complexity index is 808. The highest BCUT2D eigenvalue weighted by atomic mass is 16.5. The number of pyridine rings is 1. The van der Waals surface area contributed by atoms with Gasteiger partial charge in [0.1, 0.15) is 5.82 Å². The number of H-pyrrole nitrogens is 1. The monoisotopic (exact) mass is 308 g/mol. The predicted octanol–water partition coefficient (Wildman–Crippen LogP) is 2.84. The normalized spacial score (nSPS) is 19.3. The van der Waals surface area contributed by atoms with Crippen LogP contribution in [0.4, 0.5) is 0 Å². The number of benzene rings is 1. The second-order valence-electron chi connectivity index (χ2n) is 6.00. The molecule has 0 unspecified atom stereocenters. The highest BCUT2D eigenvalue weighted by Crippen LogP contribution is 2.26. The van der Waals surface area contributed by atoms with Crippen LogP contribution in [0.5, 0.6) is 0 Å². The van der Waals surface area contributed by atoms with Gasteiger partial charge in [-0.2, -0.15) is 0 Å². The minimum Gasteiger partial charge on any atom is -0.378 e. The van der Waals surface area contributed by atoms with Gasteiger partial charge in [-0.25, -0.2) is 4.98 Å². The summed E-state index contributed by atoms with van der Waals surface area (Å²) in [5.74, 6) is 0.987. The Labute approximate surface area is 135 Å². The Balaban J connectivity index is 1.65. The Kier molecular flexibility index (Phi) is 3.81. The van der Waals surface area contributed by atoms with E-state index in [1.54, 1.807) is 0 Å². The van der Waals surface area contributed by atoms with E-state index in [4.69, 9.17) is 4.74 Å². The molecule has 1 saturated heterocycles. The number of aromatic amines is 1. The molecule has 1 aliphatic rings. The number of nitrogens with zero attached hydrogens (tertiary/aromatic N) is 3. The zero-order valence-electron chi connectivity index (χ0n) is 13.2. The van der Waals surface area contributed by atoms with Crippen molar-refractivity contribution in [2.75, 3.05) is 19.8 Å². The molecule has 1 aromatic carbocycles. The van der Waals surface area contributed by atoms with Gasteiger partial charge >= 0.3 is 0 Å². The average molecular weight is 308 g/mol. The van der Waals surface area contributed by atoms with Crippen LogP contribution in [0.15, 0.2) is 42.7 Å². The molecule has 0 radical (unpaired) electrons. The topological polar surface area (TPSA) is 54.0 Å². The summed E-state index contributed by atoms with van der Waals surface area (Å²) in [5.41, 5.74) is 3.43. The molecule has 1 fully saturated rings. The van der Waals surface area contributed by atoms with E-state index in [1.165, 1.54) is 10.9 Å². The fourth-order valence-corrected chi connectivity index (χ4v) is 3.19. The molecule has 0 spiro atoms. The van der Waals surface area contributed by atoms with Crippen LogP contribution in [0, 0.1) is 6.92 Å². The quantitative estimate of drug-likeness (QED) is 0.808. The van der Waals surface area contributed by atoms with Crippen LogP contribution in [0.3, 0.4) is 0 Å². The second-order valence-corrected chi connectivity index (χ2v) is 6.00. The molecule has 118 valence electrons. The lowest BCUT2D eigenvalue weighted by atomic mass is 10.1. The van der Waals surface area contributed by atoms with Gasteiger partial charge in [0.25, 0.3) is 0 Å². The summed E-state index contributed by atoms with van der Waals surface area (Å²) in [5, 5.41) is 1.22. The standard InChI is InChI=1S/C18H20N4O/c1-13-10-20-18(21-13)17-12-23-9-8-22(17)11-14-6-7-19-16-5-3-2-4-15(14)16/h2-7,10,17H,8-9,11-12H2,1H3,(H,20,21)/t17-/m1/s1. The molecule has 0 bridgehead atoms. The number of nitrogens with one attached hydrogen (secondary N) is 1. The number of morpholine rings is 1. The van der Waals surface area contributed by atoms with Crippen LogP contribution in [-0.4, -0.2) is 39.6 Å². The first kappa shape index (κ1) is 14.4. The van der Waals surface area contributed by atoms with Gasteiger partial charge in [0.2, 0.25) is 0 Å². The Morgan fingerprint density at radius 3 is 3.04 bits per heavy atom. The molecule has 23 heavy (non-hydrogen) atoms. The molecule has 5 nitrogen and oxygen atoms in total. The van der Waals surface area contributed by atoms with Crippen molar-refractivity contribution < 1.29 is 4.74 Å². The molecular weight excluding hydrogens is 288 g/mol. The first-order valence-electron chi connectivity index (χ1n) is 7.97. The smallest absolute Gasteiger partial charge is 0.126 e. The molecule has 1 atom stereocenters. The van der Waals surface area contributed by atoms with Crippen molar-refractivity contribution in [3.8, 4) is 0 Å². The highest BCUT2D eigenvalue weighted by molar-refractivity contribution is 5.81. The van der Waals surface area contributed by atoms with Crippen LogP contribution in [0.1, 0.15) is 23.1 Å². The first-order chi connectivity index (χ1) is 11.3. The van der Waals surface area contributed by atoms with Gasteiger partial charge in [-0.05, 0) is 24.6 Å². The van der Waals surface area contributed by atoms with Crippen molar-refractivity contribution >= 4 is 10.9 Å². The van der Waals surface area contributed by atoms with E-state index in [0.29, 0.717) is 6.61 Å².